The van der Waals surface area contributed by atoms with Crippen molar-refractivity contribution in [1.29, 1.82) is 0 Å². The summed E-state index contributed by atoms with van der Waals surface area (Å²) < 4.78 is 15.5. The first-order valence-corrected chi connectivity index (χ1v) is 9.05. The lowest BCUT2D eigenvalue weighted by Crippen LogP contribution is -2.41. The molecule has 2 aromatic carbocycles. The maximum absolute atomic E-state index is 12.2. The van der Waals surface area contributed by atoms with Gasteiger partial charge in [0.05, 0.1) is 20.8 Å². The van der Waals surface area contributed by atoms with Crippen molar-refractivity contribution in [2.75, 3.05) is 20.8 Å². The average Bonchev–Trinajstić information content (AvgIpc) is 2.76. The van der Waals surface area contributed by atoms with Crippen molar-refractivity contribution in [2.45, 2.75) is 19.8 Å². The number of ether oxygens (including phenoxy) is 3. The summed E-state index contributed by atoms with van der Waals surface area (Å²) in [6, 6.07) is 11.4. The average molecular weight is 400 g/mol. The number of amides is 2. The molecule has 2 rings (SSSR count). The van der Waals surface area contributed by atoms with Crippen LogP contribution in [0.15, 0.2) is 42.5 Å². The Balaban J connectivity index is 1.83. The van der Waals surface area contributed by atoms with Crippen molar-refractivity contribution in [3.63, 3.8) is 0 Å². The van der Waals surface area contributed by atoms with Crippen molar-refractivity contribution in [2.24, 2.45) is 0 Å². The molecule has 0 aromatic heterocycles. The zero-order valence-electron chi connectivity index (χ0n) is 16.6. The lowest BCUT2D eigenvalue weighted by Gasteiger charge is -2.10. The van der Waals surface area contributed by atoms with Crippen LogP contribution < -0.4 is 25.1 Å². The molecule has 0 fully saturated rings. The van der Waals surface area contributed by atoms with Crippen LogP contribution in [0, 0.1) is 0 Å². The first kappa shape index (κ1) is 21.7. The van der Waals surface area contributed by atoms with Crippen LogP contribution in [0.5, 0.6) is 17.2 Å². The molecule has 0 aliphatic carbocycles. The van der Waals surface area contributed by atoms with Crippen LogP contribution in [-0.4, -0.2) is 38.4 Å². The monoisotopic (exact) mass is 400 g/mol. The van der Waals surface area contributed by atoms with Gasteiger partial charge < -0.3 is 14.2 Å². The first-order chi connectivity index (χ1) is 14.0. The Labute approximate surface area is 169 Å². The number of benzene rings is 2. The van der Waals surface area contributed by atoms with E-state index in [1.807, 2.05) is 6.92 Å². The fraction of sp³-hybridized carbons (Fsp3) is 0.286. The highest BCUT2D eigenvalue weighted by atomic mass is 16.5. The minimum absolute atomic E-state index is 0.0165. The zero-order chi connectivity index (χ0) is 21.2. The van der Waals surface area contributed by atoms with Gasteiger partial charge in [0.25, 0.3) is 5.91 Å². The van der Waals surface area contributed by atoms with Gasteiger partial charge in [-0.25, -0.2) is 0 Å². The van der Waals surface area contributed by atoms with E-state index in [4.69, 9.17) is 14.2 Å². The van der Waals surface area contributed by atoms with Gasteiger partial charge in [-0.3, -0.25) is 25.2 Å². The topological polar surface area (TPSA) is 103 Å². The molecule has 154 valence electrons. The molecule has 2 aromatic rings. The number of ketones is 1. The van der Waals surface area contributed by atoms with Gasteiger partial charge in [-0.05, 0) is 43.3 Å². The maximum Gasteiger partial charge on any atom is 0.269 e. The summed E-state index contributed by atoms with van der Waals surface area (Å²) in [6.07, 6.45) is -0.0452. The molecule has 0 atom stereocenters. The molecule has 2 N–H and O–H groups in total. The quantitative estimate of drug-likeness (QED) is 0.495. The van der Waals surface area contributed by atoms with Gasteiger partial charge in [-0.1, -0.05) is 0 Å². The molecular weight excluding hydrogens is 376 g/mol. The minimum Gasteiger partial charge on any atom is -0.497 e. The number of nitrogens with one attached hydrogen (secondary N) is 2. The summed E-state index contributed by atoms with van der Waals surface area (Å²) in [4.78, 5) is 36.4. The highest BCUT2D eigenvalue weighted by Gasteiger charge is 2.13. The molecule has 8 nitrogen and oxygen atoms in total. The Hall–Kier alpha value is -3.55. The predicted octanol–water partition coefficient (Wildman–Crippen LogP) is 2.53. The molecule has 0 aliphatic rings. The van der Waals surface area contributed by atoms with Crippen LogP contribution in [0.2, 0.25) is 0 Å². The lowest BCUT2D eigenvalue weighted by molar-refractivity contribution is -0.121. The molecule has 0 heterocycles. The maximum atomic E-state index is 12.2. The van der Waals surface area contributed by atoms with Crippen LogP contribution in [0.1, 0.15) is 40.5 Å². The molecule has 29 heavy (non-hydrogen) atoms. The Morgan fingerprint density at radius 2 is 1.41 bits per heavy atom. The van der Waals surface area contributed by atoms with Gasteiger partial charge in [0.15, 0.2) is 5.78 Å². The molecule has 0 aliphatic heterocycles. The van der Waals surface area contributed by atoms with E-state index in [2.05, 4.69) is 10.9 Å². The van der Waals surface area contributed by atoms with Crippen molar-refractivity contribution in [3.05, 3.63) is 53.6 Å². The van der Waals surface area contributed by atoms with Crippen molar-refractivity contribution in [3.8, 4) is 17.2 Å². The Morgan fingerprint density at radius 3 is 1.97 bits per heavy atom. The molecule has 0 saturated carbocycles. The lowest BCUT2D eigenvalue weighted by atomic mass is 10.1. The second-order valence-corrected chi connectivity index (χ2v) is 5.98. The fourth-order valence-electron chi connectivity index (χ4n) is 2.47. The summed E-state index contributed by atoms with van der Waals surface area (Å²) in [6.45, 7) is 2.42. The largest absolute Gasteiger partial charge is 0.497 e. The molecule has 0 unspecified atom stereocenters. The van der Waals surface area contributed by atoms with Crippen molar-refractivity contribution < 1.29 is 28.6 Å². The number of hydrazine groups is 1. The van der Waals surface area contributed by atoms with Crippen LogP contribution in [0.25, 0.3) is 0 Å². The Kier molecular flexibility index (Phi) is 8.02. The SMILES string of the molecule is CCOc1ccc(C(=O)CCC(=O)NNC(=O)c2cc(OC)cc(OC)c2)cc1. The summed E-state index contributed by atoms with van der Waals surface area (Å²) in [5.74, 6) is 0.384. The normalized spacial score (nSPS) is 10.0. The molecule has 0 spiro atoms. The van der Waals surface area contributed by atoms with Crippen LogP contribution in [-0.2, 0) is 4.79 Å². The number of rotatable bonds is 9. The molecule has 0 radical (unpaired) electrons. The van der Waals surface area contributed by atoms with E-state index in [1.165, 1.54) is 26.4 Å². The minimum atomic E-state index is -0.534. The molecule has 2 amide bonds. The van der Waals surface area contributed by atoms with E-state index in [0.29, 0.717) is 29.4 Å². The molecular formula is C21H24N2O6. The van der Waals surface area contributed by atoms with E-state index in [1.54, 1.807) is 30.3 Å². The Bertz CT molecular complexity index is 842. The predicted molar refractivity (Wildman–Crippen MR) is 106 cm³/mol. The highest BCUT2D eigenvalue weighted by Crippen LogP contribution is 2.22. The standard InChI is InChI=1S/C21H24N2O6/c1-4-29-16-7-5-14(6-8-16)19(24)9-10-20(25)22-23-21(26)15-11-17(27-2)13-18(12-15)28-3/h5-8,11-13H,4,9-10H2,1-3H3,(H,22,25)(H,23,26). The number of hydrogen-bond donors (Lipinski definition) is 2. The molecule has 0 saturated heterocycles. The van der Waals surface area contributed by atoms with Gasteiger partial charge >= 0.3 is 0 Å². The number of carbonyl (C=O) groups is 3. The number of carbonyl (C=O) groups excluding carboxylic acids is 3. The third-order valence-electron chi connectivity index (χ3n) is 4.00. The van der Waals surface area contributed by atoms with E-state index in [0.717, 1.165) is 0 Å². The Morgan fingerprint density at radius 1 is 0.793 bits per heavy atom. The van der Waals surface area contributed by atoms with E-state index >= 15 is 0 Å². The third kappa shape index (κ3) is 6.53. The van der Waals surface area contributed by atoms with E-state index < -0.39 is 11.8 Å². The van der Waals surface area contributed by atoms with E-state index in [-0.39, 0.29) is 24.2 Å². The summed E-state index contributed by atoms with van der Waals surface area (Å²) in [5, 5.41) is 0. The third-order valence-corrected chi connectivity index (χ3v) is 4.00. The summed E-state index contributed by atoms with van der Waals surface area (Å²) in [5.41, 5.74) is 5.36. The second-order valence-electron chi connectivity index (χ2n) is 5.98. The molecule has 8 heteroatoms. The van der Waals surface area contributed by atoms with Gasteiger partial charge in [0.2, 0.25) is 5.91 Å². The van der Waals surface area contributed by atoms with Crippen LogP contribution >= 0.6 is 0 Å². The number of Topliss-reactive ketones (excluding diaryl/α,β-unsaturated/α-hetero) is 1. The smallest absolute Gasteiger partial charge is 0.269 e. The van der Waals surface area contributed by atoms with Crippen molar-refractivity contribution >= 4 is 17.6 Å². The highest BCUT2D eigenvalue weighted by molar-refractivity contribution is 5.99. The number of hydrogen-bond acceptors (Lipinski definition) is 6. The van der Waals surface area contributed by atoms with Crippen molar-refractivity contribution in [1.82, 2.24) is 10.9 Å². The van der Waals surface area contributed by atoms with Gasteiger partial charge in [0, 0.05) is 30.0 Å². The second kappa shape index (κ2) is 10.7. The molecule has 0 bridgehead atoms. The first-order valence-electron chi connectivity index (χ1n) is 9.05. The summed E-state index contributed by atoms with van der Waals surface area (Å²) in [7, 11) is 2.94. The van der Waals surface area contributed by atoms with Crippen LogP contribution in [0.3, 0.4) is 0 Å². The fourth-order valence-corrected chi connectivity index (χ4v) is 2.47. The van der Waals surface area contributed by atoms with Gasteiger partial charge in [-0.2, -0.15) is 0 Å². The van der Waals surface area contributed by atoms with Crippen LogP contribution in [0.4, 0.5) is 0 Å². The van der Waals surface area contributed by atoms with E-state index in [9.17, 15) is 14.4 Å². The van der Waals surface area contributed by atoms with Gasteiger partial charge in [-0.15, -0.1) is 0 Å². The summed E-state index contributed by atoms with van der Waals surface area (Å²) >= 11 is 0. The van der Waals surface area contributed by atoms with Gasteiger partial charge in [0.1, 0.15) is 17.2 Å². The zero-order valence-corrected chi connectivity index (χ0v) is 16.6. The number of methoxy groups -OCH3 is 2.